The predicted octanol–water partition coefficient (Wildman–Crippen LogP) is 3.48. The molecular weight excluding hydrogens is 514 g/mol. The van der Waals surface area contributed by atoms with Crippen molar-refractivity contribution in [3.63, 3.8) is 0 Å². The van der Waals surface area contributed by atoms with Gasteiger partial charge in [0.05, 0.1) is 34.3 Å². The summed E-state index contributed by atoms with van der Waals surface area (Å²) in [5.41, 5.74) is 3.06. The third-order valence-corrected chi connectivity index (χ3v) is 8.67. The number of nitrogens with one attached hydrogen (secondary N) is 2. The fourth-order valence-electron chi connectivity index (χ4n) is 5.04. The van der Waals surface area contributed by atoms with Crippen molar-refractivity contribution in [3.05, 3.63) is 41.0 Å². The summed E-state index contributed by atoms with van der Waals surface area (Å²) in [5.74, 6) is -1.23. The number of amides is 3. The van der Waals surface area contributed by atoms with Crippen molar-refractivity contribution in [1.29, 1.82) is 5.26 Å². The number of nitriles is 1. The average molecular weight is 552 g/mol. The standard InChI is InChI=1S/C29H37N5O4S/c1-6-21(18-7-9-19(10-8-18)23-17(2)31-16-39-23)32-25(36)22-13-20(35)14-34(22)26(37)24(28(3,4)5)33-27(38)29(15-30)11-12-29/h7-10,16,20-22,24,35H,6,11-14H2,1-5H3,(H,32,36)(H,33,38)/t20-,21+,22+,24-/m1/s1. The van der Waals surface area contributed by atoms with E-state index in [9.17, 15) is 24.8 Å². The predicted molar refractivity (Wildman–Crippen MR) is 148 cm³/mol. The summed E-state index contributed by atoms with van der Waals surface area (Å²) in [4.78, 5) is 46.9. The number of aliphatic hydroxyl groups excluding tert-OH is 1. The Labute approximate surface area is 233 Å². The van der Waals surface area contributed by atoms with Gasteiger partial charge in [-0.1, -0.05) is 52.0 Å². The maximum Gasteiger partial charge on any atom is 0.246 e. The second-order valence-corrected chi connectivity index (χ2v) is 12.6. The first kappa shape index (κ1) is 28.7. The number of rotatable bonds is 8. The number of nitrogens with zero attached hydrogens (tertiary/aromatic N) is 3. The Bertz CT molecular complexity index is 1270. The van der Waals surface area contributed by atoms with Crippen molar-refractivity contribution in [2.75, 3.05) is 6.54 Å². The quantitative estimate of drug-likeness (QED) is 0.460. The van der Waals surface area contributed by atoms with E-state index in [-0.39, 0.29) is 24.9 Å². The molecule has 0 bridgehead atoms. The van der Waals surface area contributed by atoms with Crippen molar-refractivity contribution in [2.45, 2.75) is 84.5 Å². The maximum absolute atomic E-state index is 13.8. The molecule has 1 aromatic heterocycles. The van der Waals surface area contributed by atoms with Crippen LogP contribution in [0.1, 0.15) is 70.7 Å². The zero-order chi connectivity index (χ0) is 28.5. The molecule has 2 aromatic rings. The third kappa shape index (κ3) is 5.99. The van der Waals surface area contributed by atoms with Crippen LogP contribution in [-0.4, -0.2) is 57.4 Å². The number of likely N-dealkylation sites (tertiary alicyclic amines) is 1. The van der Waals surface area contributed by atoms with Crippen molar-refractivity contribution in [1.82, 2.24) is 20.5 Å². The Hall–Kier alpha value is -3.29. The number of hydrogen-bond donors (Lipinski definition) is 3. The topological polar surface area (TPSA) is 135 Å². The maximum atomic E-state index is 13.8. The molecule has 2 fully saturated rings. The molecule has 4 atom stereocenters. The molecule has 0 spiro atoms. The minimum Gasteiger partial charge on any atom is -0.391 e. The van der Waals surface area contributed by atoms with E-state index in [1.54, 1.807) is 11.3 Å². The van der Waals surface area contributed by atoms with Crippen molar-refractivity contribution >= 4 is 29.1 Å². The number of carbonyl (C=O) groups excluding carboxylic acids is 3. The van der Waals surface area contributed by atoms with Crippen LogP contribution in [-0.2, 0) is 14.4 Å². The molecule has 1 saturated heterocycles. The number of β-amino-alcohol motifs (C(OH)–C–C–N with tert-alkyl or cyclic N) is 1. The van der Waals surface area contributed by atoms with Crippen LogP contribution in [0.3, 0.4) is 0 Å². The Morgan fingerprint density at radius 3 is 2.41 bits per heavy atom. The zero-order valence-corrected chi connectivity index (χ0v) is 24.0. The van der Waals surface area contributed by atoms with Crippen LogP contribution < -0.4 is 10.6 Å². The lowest BCUT2D eigenvalue weighted by atomic mass is 9.85. The summed E-state index contributed by atoms with van der Waals surface area (Å²) in [6, 6.07) is 8.00. The number of aromatic nitrogens is 1. The average Bonchev–Trinajstić information content (AvgIpc) is 3.44. The summed E-state index contributed by atoms with van der Waals surface area (Å²) in [7, 11) is 0. The van der Waals surface area contributed by atoms with Crippen LogP contribution in [0, 0.1) is 29.1 Å². The highest BCUT2D eigenvalue weighted by Gasteiger charge is 2.53. The Kier molecular flexibility index (Phi) is 8.14. The number of carbonyl (C=O) groups is 3. The first-order valence-electron chi connectivity index (χ1n) is 13.4. The molecule has 1 saturated carbocycles. The number of aliphatic hydroxyl groups is 1. The number of hydrogen-bond acceptors (Lipinski definition) is 7. The molecule has 39 heavy (non-hydrogen) atoms. The van der Waals surface area contributed by atoms with Gasteiger partial charge in [-0.3, -0.25) is 14.4 Å². The van der Waals surface area contributed by atoms with Crippen LogP contribution >= 0.6 is 11.3 Å². The summed E-state index contributed by atoms with van der Waals surface area (Å²) >= 11 is 1.58. The molecule has 4 rings (SSSR count). The molecule has 0 unspecified atom stereocenters. The monoisotopic (exact) mass is 551 g/mol. The fourth-order valence-corrected chi connectivity index (χ4v) is 5.85. The summed E-state index contributed by atoms with van der Waals surface area (Å²) in [6.45, 7) is 9.44. The van der Waals surface area contributed by atoms with Gasteiger partial charge in [0.25, 0.3) is 0 Å². The first-order valence-corrected chi connectivity index (χ1v) is 14.3. The van der Waals surface area contributed by atoms with Crippen LogP contribution in [0.25, 0.3) is 10.4 Å². The SMILES string of the molecule is CC[C@H](NC(=O)[C@@H]1C[C@@H](O)CN1C(=O)[C@@H](NC(=O)C1(C#N)CC1)C(C)(C)C)c1ccc(-c2scnc2C)cc1. The van der Waals surface area contributed by atoms with Crippen LogP contribution in [0.5, 0.6) is 0 Å². The van der Waals surface area contributed by atoms with Gasteiger partial charge in [0.1, 0.15) is 17.5 Å². The van der Waals surface area contributed by atoms with E-state index in [1.165, 1.54) is 4.90 Å². The Balaban J connectivity index is 1.49. The number of aryl methyl sites for hydroxylation is 1. The largest absolute Gasteiger partial charge is 0.391 e. The molecular formula is C29H37N5O4S. The van der Waals surface area contributed by atoms with E-state index in [2.05, 4.69) is 21.7 Å². The highest BCUT2D eigenvalue weighted by molar-refractivity contribution is 7.13. The molecule has 2 aliphatic rings. The summed E-state index contributed by atoms with van der Waals surface area (Å²) in [5, 5.41) is 25.7. The molecule has 0 radical (unpaired) electrons. The van der Waals surface area contributed by atoms with E-state index in [1.807, 2.05) is 64.4 Å². The third-order valence-electron chi connectivity index (χ3n) is 7.70. The first-order chi connectivity index (χ1) is 18.4. The molecule has 10 heteroatoms. The van der Waals surface area contributed by atoms with Crippen molar-refractivity contribution in [2.24, 2.45) is 10.8 Å². The lowest BCUT2D eigenvalue weighted by Gasteiger charge is -2.36. The fraction of sp³-hybridized carbons (Fsp3) is 0.552. The molecule has 3 N–H and O–H groups in total. The van der Waals surface area contributed by atoms with Crippen LogP contribution in [0.2, 0.25) is 0 Å². The second kappa shape index (κ2) is 11.1. The number of benzene rings is 1. The summed E-state index contributed by atoms with van der Waals surface area (Å²) < 4.78 is 0. The molecule has 1 aliphatic carbocycles. The molecule has 3 amide bonds. The summed E-state index contributed by atoms with van der Waals surface area (Å²) in [6.07, 6.45) is 0.848. The van der Waals surface area contributed by atoms with Gasteiger partial charge < -0.3 is 20.6 Å². The van der Waals surface area contributed by atoms with E-state index in [0.717, 1.165) is 21.7 Å². The van der Waals surface area contributed by atoms with Gasteiger partial charge in [0.2, 0.25) is 17.7 Å². The molecule has 208 valence electrons. The molecule has 2 heterocycles. The highest BCUT2D eigenvalue weighted by atomic mass is 32.1. The van der Waals surface area contributed by atoms with Gasteiger partial charge in [-0.15, -0.1) is 11.3 Å². The van der Waals surface area contributed by atoms with Crippen molar-refractivity contribution in [3.8, 4) is 16.5 Å². The molecule has 9 nitrogen and oxygen atoms in total. The molecule has 1 aliphatic heterocycles. The number of thiazole rings is 1. The minimum absolute atomic E-state index is 0.00243. The van der Waals surface area contributed by atoms with Gasteiger partial charge in [0.15, 0.2) is 0 Å². The Morgan fingerprint density at radius 1 is 1.23 bits per heavy atom. The lowest BCUT2D eigenvalue weighted by Crippen LogP contribution is -2.58. The van der Waals surface area contributed by atoms with Gasteiger partial charge in [-0.2, -0.15) is 5.26 Å². The van der Waals surface area contributed by atoms with E-state index in [4.69, 9.17) is 0 Å². The van der Waals surface area contributed by atoms with E-state index in [0.29, 0.717) is 19.3 Å². The van der Waals surface area contributed by atoms with Gasteiger partial charge in [0, 0.05) is 13.0 Å². The highest BCUT2D eigenvalue weighted by Crippen LogP contribution is 2.45. The van der Waals surface area contributed by atoms with Crippen LogP contribution in [0.4, 0.5) is 0 Å². The van der Waals surface area contributed by atoms with E-state index >= 15 is 0 Å². The van der Waals surface area contributed by atoms with Gasteiger partial charge in [-0.25, -0.2) is 4.98 Å². The van der Waals surface area contributed by atoms with Crippen LogP contribution in [0.15, 0.2) is 29.8 Å². The van der Waals surface area contributed by atoms with Gasteiger partial charge >= 0.3 is 0 Å². The normalized spacial score (nSPS) is 21.5. The van der Waals surface area contributed by atoms with Crippen molar-refractivity contribution < 1.29 is 19.5 Å². The second-order valence-electron chi connectivity index (χ2n) is 11.7. The molecule has 1 aromatic carbocycles. The van der Waals surface area contributed by atoms with E-state index < -0.39 is 40.8 Å². The zero-order valence-electron chi connectivity index (χ0n) is 23.2. The minimum atomic E-state index is -1.08. The smallest absolute Gasteiger partial charge is 0.246 e. The lowest BCUT2D eigenvalue weighted by molar-refractivity contribution is -0.144. The van der Waals surface area contributed by atoms with Gasteiger partial charge in [-0.05, 0) is 42.7 Å². The Morgan fingerprint density at radius 2 is 1.90 bits per heavy atom.